The van der Waals surface area contributed by atoms with E-state index < -0.39 is 0 Å². The van der Waals surface area contributed by atoms with E-state index in [9.17, 15) is 9.50 Å². The zero-order chi connectivity index (χ0) is 13.0. The highest BCUT2D eigenvalue weighted by molar-refractivity contribution is 5.20. The second kappa shape index (κ2) is 6.27. The Balaban J connectivity index is 2.05. The molecule has 0 heterocycles. The molecule has 1 fully saturated rings. The summed E-state index contributed by atoms with van der Waals surface area (Å²) in [6.07, 6.45) is 3.23. The van der Waals surface area contributed by atoms with Crippen molar-refractivity contribution >= 4 is 0 Å². The first kappa shape index (κ1) is 13.5. The number of rotatable bonds is 5. The number of nitrogens with two attached hydrogens (primary N) is 1. The van der Waals surface area contributed by atoms with Crippen LogP contribution in [-0.4, -0.2) is 24.3 Å². The molecule has 0 bridgehead atoms. The van der Waals surface area contributed by atoms with Crippen molar-refractivity contribution in [1.29, 1.82) is 0 Å². The van der Waals surface area contributed by atoms with Crippen molar-refractivity contribution in [3.63, 3.8) is 0 Å². The number of aliphatic hydroxyl groups excluding tert-OH is 1. The monoisotopic (exact) mass is 252 g/mol. The third kappa shape index (κ3) is 3.07. The van der Waals surface area contributed by atoms with Gasteiger partial charge in [0.05, 0.1) is 0 Å². The standard InChI is InChI=1S/C14H21FN2O/c15-12-5-1-3-10(7-12)14(8-16)17-13-6-2-4-11(13)9-18/h1,3,5,7,11,13-14,17-18H,2,4,6,8-9,16H2. The van der Waals surface area contributed by atoms with Gasteiger partial charge < -0.3 is 16.2 Å². The van der Waals surface area contributed by atoms with Gasteiger partial charge in [-0.2, -0.15) is 0 Å². The smallest absolute Gasteiger partial charge is 0.123 e. The predicted octanol–water partition coefficient (Wildman–Crippen LogP) is 1.58. The number of hydrogen-bond acceptors (Lipinski definition) is 3. The van der Waals surface area contributed by atoms with Gasteiger partial charge in [0.2, 0.25) is 0 Å². The summed E-state index contributed by atoms with van der Waals surface area (Å²) in [5, 5.41) is 12.8. The zero-order valence-corrected chi connectivity index (χ0v) is 10.5. The Bertz CT molecular complexity index is 386. The van der Waals surface area contributed by atoms with E-state index in [0.29, 0.717) is 12.5 Å². The molecule has 0 aromatic heterocycles. The molecule has 1 aromatic rings. The summed E-state index contributed by atoms with van der Waals surface area (Å²) in [5.41, 5.74) is 6.65. The molecule has 2 rings (SSSR count). The highest BCUT2D eigenvalue weighted by Crippen LogP contribution is 2.27. The van der Waals surface area contributed by atoms with Gasteiger partial charge in [0.1, 0.15) is 5.82 Å². The molecule has 1 saturated carbocycles. The molecule has 0 radical (unpaired) electrons. The lowest BCUT2D eigenvalue weighted by molar-refractivity contribution is 0.199. The first-order chi connectivity index (χ1) is 8.74. The molecular weight excluding hydrogens is 231 g/mol. The summed E-state index contributed by atoms with van der Waals surface area (Å²) in [4.78, 5) is 0. The van der Waals surface area contributed by atoms with Gasteiger partial charge in [-0.3, -0.25) is 0 Å². The average Bonchev–Trinajstić information content (AvgIpc) is 2.83. The third-order valence-corrected chi connectivity index (χ3v) is 3.80. The van der Waals surface area contributed by atoms with Gasteiger partial charge in [-0.25, -0.2) is 4.39 Å². The Hall–Kier alpha value is -0.970. The fraction of sp³-hybridized carbons (Fsp3) is 0.571. The summed E-state index contributed by atoms with van der Waals surface area (Å²) in [7, 11) is 0. The van der Waals surface area contributed by atoms with E-state index in [1.165, 1.54) is 12.1 Å². The van der Waals surface area contributed by atoms with Crippen LogP contribution in [0.1, 0.15) is 30.9 Å². The van der Waals surface area contributed by atoms with Gasteiger partial charge in [-0.15, -0.1) is 0 Å². The molecule has 3 unspecified atom stereocenters. The SMILES string of the molecule is NCC(NC1CCCC1CO)c1cccc(F)c1. The van der Waals surface area contributed by atoms with Gasteiger partial charge in [-0.1, -0.05) is 18.6 Å². The van der Waals surface area contributed by atoms with E-state index in [0.717, 1.165) is 24.8 Å². The van der Waals surface area contributed by atoms with Crippen LogP contribution in [0.4, 0.5) is 4.39 Å². The van der Waals surface area contributed by atoms with Crippen LogP contribution in [0.25, 0.3) is 0 Å². The quantitative estimate of drug-likeness (QED) is 0.745. The normalized spacial score (nSPS) is 25.3. The number of benzene rings is 1. The van der Waals surface area contributed by atoms with Gasteiger partial charge >= 0.3 is 0 Å². The fourth-order valence-corrected chi connectivity index (χ4v) is 2.76. The van der Waals surface area contributed by atoms with Crippen molar-refractivity contribution in [3.05, 3.63) is 35.6 Å². The minimum absolute atomic E-state index is 0.0437. The van der Waals surface area contributed by atoms with Crippen molar-refractivity contribution in [2.24, 2.45) is 11.7 Å². The molecule has 4 heteroatoms. The Morgan fingerprint density at radius 3 is 2.94 bits per heavy atom. The largest absolute Gasteiger partial charge is 0.396 e. The van der Waals surface area contributed by atoms with Crippen LogP contribution in [0.15, 0.2) is 24.3 Å². The summed E-state index contributed by atoms with van der Waals surface area (Å²) in [6.45, 7) is 0.635. The molecule has 3 nitrogen and oxygen atoms in total. The van der Waals surface area contributed by atoms with Crippen molar-refractivity contribution in [1.82, 2.24) is 5.32 Å². The molecule has 1 aliphatic carbocycles. The molecule has 1 aliphatic rings. The number of halogens is 1. The van der Waals surface area contributed by atoms with E-state index in [-0.39, 0.29) is 24.5 Å². The zero-order valence-electron chi connectivity index (χ0n) is 10.5. The Morgan fingerprint density at radius 1 is 1.44 bits per heavy atom. The molecule has 0 amide bonds. The highest BCUT2D eigenvalue weighted by atomic mass is 19.1. The molecule has 0 spiro atoms. The van der Waals surface area contributed by atoms with Crippen LogP contribution < -0.4 is 11.1 Å². The predicted molar refractivity (Wildman–Crippen MR) is 69.5 cm³/mol. The van der Waals surface area contributed by atoms with E-state index in [1.807, 2.05) is 6.07 Å². The fourth-order valence-electron chi connectivity index (χ4n) is 2.76. The summed E-state index contributed by atoms with van der Waals surface area (Å²) in [5.74, 6) is 0.0606. The third-order valence-electron chi connectivity index (χ3n) is 3.80. The lowest BCUT2D eigenvalue weighted by Crippen LogP contribution is -2.39. The lowest BCUT2D eigenvalue weighted by Gasteiger charge is -2.26. The van der Waals surface area contributed by atoms with Gasteiger partial charge in [0.25, 0.3) is 0 Å². The summed E-state index contributed by atoms with van der Waals surface area (Å²) >= 11 is 0. The van der Waals surface area contributed by atoms with Gasteiger partial charge in [-0.05, 0) is 36.5 Å². The van der Waals surface area contributed by atoms with Crippen molar-refractivity contribution in [2.45, 2.75) is 31.3 Å². The molecule has 4 N–H and O–H groups in total. The molecule has 3 atom stereocenters. The second-order valence-electron chi connectivity index (χ2n) is 4.99. The minimum Gasteiger partial charge on any atom is -0.396 e. The molecule has 100 valence electrons. The van der Waals surface area contributed by atoms with E-state index in [1.54, 1.807) is 6.07 Å². The van der Waals surface area contributed by atoms with Crippen LogP contribution >= 0.6 is 0 Å². The van der Waals surface area contributed by atoms with Crippen LogP contribution in [0.2, 0.25) is 0 Å². The van der Waals surface area contributed by atoms with Crippen LogP contribution in [0.5, 0.6) is 0 Å². The number of hydrogen-bond donors (Lipinski definition) is 3. The Kier molecular flexibility index (Phi) is 4.69. The first-order valence-electron chi connectivity index (χ1n) is 6.57. The number of nitrogens with one attached hydrogen (secondary N) is 1. The first-order valence-corrected chi connectivity index (χ1v) is 6.57. The maximum atomic E-state index is 13.2. The Morgan fingerprint density at radius 2 is 2.28 bits per heavy atom. The lowest BCUT2D eigenvalue weighted by atomic mass is 10.0. The topological polar surface area (TPSA) is 58.3 Å². The number of aliphatic hydroxyl groups is 1. The van der Waals surface area contributed by atoms with E-state index in [2.05, 4.69) is 5.32 Å². The highest BCUT2D eigenvalue weighted by Gasteiger charge is 2.28. The van der Waals surface area contributed by atoms with Gasteiger partial charge in [0, 0.05) is 25.2 Å². The molecule has 0 saturated heterocycles. The maximum absolute atomic E-state index is 13.2. The molecule has 1 aromatic carbocycles. The minimum atomic E-state index is -0.238. The van der Waals surface area contributed by atoms with Gasteiger partial charge in [0.15, 0.2) is 0 Å². The van der Waals surface area contributed by atoms with E-state index in [4.69, 9.17) is 5.73 Å². The molecule has 0 aliphatic heterocycles. The average molecular weight is 252 g/mol. The Labute approximate surface area is 107 Å². The van der Waals surface area contributed by atoms with E-state index >= 15 is 0 Å². The summed E-state index contributed by atoms with van der Waals surface area (Å²) in [6, 6.07) is 6.78. The summed E-state index contributed by atoms with van der Waals surface area (Å²) < 4.78 is 13.2. The maximum Gasteiger partial charge on any atom is 0.123 e. The van der Waals surface area contributed by atoms with Crippen LogP contribution in [-0.2, 0) is 0 Å². The van der Waals surface area contributed by atoms with Crippen molar-refractivity contribution < 1.29 is 9.50 Å². The molecule has 18 heavy (non-hydrogen) atoms. The van der Waals surface area contributed by atoms with Crippen LogP contribution in [0, 0.1) is 11.7 Å². The molecular formula is C14H21FN2O. The second-order valence-corrected chi connectivity index (χ2v) is 4.99. The van der Waals surface area contributed by atoms with Crippen molar-refractivity contribution in [3.8, 4) is 0 Å². The van der Waals surface area contributed by atoms with Crippen molar-refractivity contribution in [2.75, 3.05) is 13.2 Å². The van der Waals surface area contributed by atoms with Crippen LogP contribution in [0.3, 0.4) is 0 Å².